The molecule has 0 fully saturated rings. The molecule has 0 aliphatic heterocycles. The van der Waals surface area contributed by atoms with Crippen molar-refractivity contribution < 1.29 is 18.0 Å². The van der Waals surface area contributed by atoms with E-state index >= 15 is 0 Å². The van der Waals surface area contributed by atoms with Crippen LogP contribution in [0.4, 0.5) is 13.2 Å². The van der Waals surface area contributed by atoms with Crippen LogP contribution in [-0.4, -0.2) is 17.3 Å². The normalized spacial score (nSPS) is 12.3. The van der Waals surface area contributed by atoms with E-state index in [2.05, 4.69) is 21.2 Å². The van der Waals surface area contributed by atoms with Gasteiger partial charge in [0.15, 0.2) is 17.5 Å². The molecule has 0 aliphatic rings. The SMILES string of the molecule is CC(Br)CNC(=O)c1ccc(F)c(F)c1F. The number of alkyl halides is 1. The summed E-state index contributed by atoms with van der Waals surface area (Å²) in [6, 6.07) is 1.62. The molecule has 0 radical (unpaired) electrons. The number of carbonyl (C=O) groups is 1. The van der Waals surface area contributed by atoms with Gasteiger partial charge in [0.25, 0.3) is 5.91 Å². The molecule has 0 heterocycles. The summed E-state index contributed by atoms with van der Waals surface area (Å²) in [4.78, 5) is 11.4. The molecule has 0 spiro atoms. The minimum atomic E-state index is -1.64. The third-order valence-corrected chi connectivity index (χ3v) is 2.15. The van der Waals surface area contributed by atoms with Crippen molar-refractivity contribution >= 4 is 21.8 Å². The fraction of sp³-hybridized carbons (Fsp3) is 0.300. The summed E-state index contributed by atoms with van der Waals surface area (Å²) in [6.45, 7) is 2.04. The Bertz CT molecular complexity index is 409. The molecule has 1 unspecified atom stereocenters. The van der Waals surface area contributed by atoms with Crippen molar-refractivity contribution in [3.8, 4) is 0 Å². The zero-order chi connectivity index (χ0) is 12.3. The quantitative estimate of drug-likeness (QED) is 0.674. The Labute approximate surface area is 99.0 Å². The van der Waals surface area contributed by atoms with E-state index in [0.29, 0.717) is 6.07 Å². The number of carbonyl (C=O) groups excluding carboxylic acids is 1. The molecule has 2 nitrogen and oxygen atoms in total. The van der Waals surface area contributed by atoms with Gasteiger partial charge in [0.2, 0.25) is 0 Å². The summed E-state index contributed by atoms with van der Waals surface area (Å²) in [6.07, 6.45) is 0. The molecule has 0 saturated heterocycles. The van der Waals surface area contributed by atoms with Crippen LogP contribution in [0.1, 0.15) is 17.3 Å². The van der Waals surface area contributed by atoms with Crippen LogP contribution in [-0.2, 0) is 0 Å². The molecule has 1 N–H and O–H groups in total. The van der Waals surface area contributed by atoms with E-state index in [4.69, 9.17) is 0 Å². The van der Waals surface area contributed by atoms with Gasteiger partial charge >= 0.3 is 0 Å². The molecule has 1 aromatic rings. The maximum Gasteiger partial charge on any atom is 0.254 e. The van der Waals surface area contributed by atoms with Crippen molar-refractivity contribution in [2.24, 2.45) is 0 Å². The van der Waals surface area contributed by atoms with Crippen molar-refractivity contribution in [3.63, 3.8) is 0 Å². The monoisotopic (exact) mass is 295 g/mol. The molecule has 16 heavy (non-hydrogen) atoms. The van der Waals surface area contributed by atoms with Crippen LogP contribution in [0.5, 0.6) is 0 Å². The number of halogens is 4. The lowest BCUT2D eigenvalue weighted by Gasteiger charge is -2.07. The van der Waals surface area contributed by atoms with Crippen LogP contribution in [0.25, 0.3) is 0 Å². The van der Waals surface area contributed by atoms with Gasteiger partial charge in [-0.3, -0.25) is 4.79 Å². The Morgan fingerprint density at radius 1 is 1.38 bits per heavy atom. The zero-order valence-corrected chi connectivity index (χ0v) is 9.95. The molecule has 88 valence electrons. The Hall–Kier alpha value is -1.04. The van der Waals surface area contributed by atoms with Gasteiger partial charge in [-0.2, -0.15) is 0 Å². The smallest absolute Gasteiger partial charge is 0.254 e. The van der Waals surface area contributed by atoms with E-state index in [-0.39, 0.29) is 11.4 Å². The number of hydrogen-bond donors (Lipinski definition) is 1. The third kappa shape index (κ3) is 2.98. The van der Waals surface area contributed by atoms with E-state index in [1.165, 1.54) is 0 Å². The fourth-order valence-electron chi connectivity index (χ4n) is 1.03. The van der Waals surface area contributed by atoms with Gasteiger partial charge in [-0.25, -0.2) is 13.2 Å². The summed E-state index contributed by atoms with van der Waals surface area (Å²) in [7, 11) is 0. The highest BCUT2D eigenvalue weighted by molar-refractivity contribution is 9.09. The maximum atomic E-state index is 13.1. The van der Waals surface area contributed by atoms with Crippen LogP contribution >= 0.6 is 15.9 Å². The second kappa shape index (κ2) is 5.34. The standard InChI is InChI=1S/C10H9BrF3NO/c1-5(11)4-15-10(16)6-2-3-7(12)9(14)8(6)13/h2-3,5H,4H2,1H3,(H,15,16). The van der Waals surface area contributed by atoms with E-state index < -0.39 is 28.9 Å². The average Bonchev–Trinajstić information content (AvgIpc) is 2.23. The van der Waals surface area contributed by atoms with Crippen molar-refractivity contribution in [2.75, 3.05) is 6.54 Å². The second-order valence-electron chi connectivity index (χ2n) is 3.21. The number of amides is 1. The minimum Gasteiger partial charge on any atom is -0.351 e. The molecule has 0 saturated carbocycles. The zero-order valence-electron chi connectivity index (χ0n) is 8.36. The molecule has 1 rings (SSSR count). The molecule has 0 aromatic heterocycles. The molecule has 1 atom stereocenters. The molecular formula is C10H9BrF3NO. The van der Waals surface area contributed by atoms with Gasteiger partial charge in [0.1, 0.15) is 0 Å². The van der Waals surface area contributed by atoms with Gasteiger partial charge in [0, 0.05) is 11.4 Å². The summed E-state index contributed by atoms with van der Waals surface area (Å²) in [5.74, 6) is -5.20. The van der Waals surface area contributed by atoms with Crippen LogP contribution in [0.2, 0.25) is 0 Å². The van der Waals surface area contributed by atoms with Crippen molar-refractivity contribution in [2.45, 2.75) is 11.8 Å². The maximum absolute atomic E-state index is 13.1. The average molecular weight is 296 g/mol. The van der Waals surface area contributed by atoms with Gasteiger partial charge in [-0.15, -0.1) is 0 Å². The number of nitrogens with one attached hydrogen (secondary N) is 1. The molecule has 1 aromatic carbocycles. The lowest BCUT2D eigenvalue weighted by Crippen LogP contribution is -2.29. The highest BCUT2D eigenvalue weighted by Crippen LogP contribution is 2.15. The predicted molar refractivity (Wildman–Crippen MR) is 57.0 cm³/mol. The van der Waals surface area contributed by atoms with Gasteiger partial charge < -0.3 is 5.32 Å². The first-order chi connectivity index (χ1) is 7.43. The summed E-state index contributed by atoms with van der Waals surface area (Å²) >= 11 is 3.18. The summed E-state index contributed by atoms with van der Waals surface area (Å²) in [5.41, 5.74) is -0.507. The largest absolute Gasteiger partial charge is 0.351 e. The lowest BCUT2D eigenvalue weighted by molar-refractivity contribution is 0.0949. The first-order valence-electron chi connectivity index (χ1n) is 4.49. The van der Waals surface area contributed by atoms with Gasteiger partial charge in [-0.05, 0) is 12.1 Å². The van der Waals surface area contributed by atoms with Gasteiger partial charge in [-0.1, -0.05) is 22.9 Å². The topological polar surface area (TPSA) is 29.1 Å². The Balaban J connectivity index is 2.88. The summed E-state index contributed by atoms with van der Waals surface area (Å²) in [5, 5.41) is 2.37. The molecule has 0 bridgehead atoms. The van der Waals surface area contributed by atoms with Gasteiger partial charge in [0.05, 0.1) is 5.56 Å². The molecule has 1 amide bonds. The highest BCUT2D eigenvalue weighted by atomic mass is 79.9. The molecule has 0 aliphatic carbocycles. The second-order valence-corrected chi connectivity index (χ2v) is 4.78. The van der Waals surface area contributed by atoms with E-state index in [1.807, 2.05) is 0 Å². The van der Waals surface area contributed by atoms with Crippen molar-refractivity contribution in [1.29, 1.82) is 0 Å². The summed E-state index contributed by atoms with van der Waals surface area (Å²) < 4.78 is 38.5. The van der Waals surface area contributed by atoms with Crippen LogP contribution < -0.4 is 5.32 Å². The van der Waals surface area contributed by atoms with Crippen LogP contribution in [0.3, 0.4) is 0 Å². The van der Waals surface area contributed by atoms with E-state index in [0.717, 1.165) is 6.07 Å². The van der Waals surface area contributed by atoms with Crippen LogP contribution in [0.15, 0.2) is 12.1 Å². The predicted octanol–water partition coefficient (Wildman–Crippen LogP) is 2.62. The first kappa shape index (κ1) is 13.0. The Morgan fingerprint density at radius 3 is 2.56 bits per heavy atom. The lowest BCUT2D eigenvalue weighted by atomic mass is 10.2. The molecular weight excluding hydrogens is 287 g/mol. The van der Waals surface area contributed by atoms with Crippen molar-refractivity contribution in [1.82, 2.24) is 5.32 Å². The van der Waals surface area contributed by atoms with Crippen LogP contribution in [0, 0.1) is 17.5 Å². The van der Waals surface area contributed by atoms with Crippen molar-refractivity contribution in [3.05, 3.63) is 35.1 Å². The first-order valence-corrected chi connectivity index (χ1v) is 5.40. The minimum absolute atomic E-state index is 0.00445. The fourth-order valence-corrected chi connectivity index (χ4v) is 1.19. The number of benzene rings is 1. The Morgan fingerprint density at radius 2 is 2.00 bits per heavy atom. The number of rotatable bonds is 3. The Kier molecular flexibility index (Phi) is 4.35. The third-order valence-electron chi connectivity index (χ3n) is 1.82. The highest BCUT2D eigenvalue weighted by Gasteiger charge is 2.18. The van der Waals surface area contributed by atoms with E-state index in [9.17, 15) is 18.0 Å². The number of hydrogen-bond acceptors (Lipinski definition) is 1. The van der Waals surface area contributed by atoms with E-state index in [1.54, 1.807) is 6.92 Å². The molecule has 6 heteroatoms.